The van der Waals surface area contributed by atoms with Crippen LogP contribution in [-0.2, 0) is 23.8 Å². The molecule has 9 nitrogen and oxygen atoms in total. The molecular formula is C28H40N2O7. The molecule has 0 fully saturated rings. The van der Waals surface area contributed by atoms with Crippen molar-refractivity contribution in [2.75, 3.05) is 51.1 Å². The van der Waals surface area contributed by atoms with Crippen molar-refractivity contribution in [1.82, 2.24) is 0 Å². The summed E-state index contributed by atoms with van der Waals surface area (Å²) in [6.45, 7) is 2.10. The first-order valence-corrected chi connectivity index (χ1v) is 12.9. The molecule has 0 aliphatic rings. The van der Waals surface area contributed by atoms with Crippen molar-refractivity contribution in [1.29, 1.82) is 0 Å². The van der Waals surface area contributed by atoms with E-state index in [0.29, 0.717) is 37.4 Å². The van der Waals surface area contributed by atoms with Gasteiger partial charge in [-0.05, 0) is 87.1 Å². The van der Waals surface area contributed by atoms with Gasteiger partial charge >= 0.3 is 11.9 Å². The van der Waals surface area contributed by atoms with E-state index in [-0.39, 0.29) is 38.4 Å². The number of unbranched alkanes of at least 4 members (excludes halogenated alkanes) is 4. The summed E-state index contributed by atoms with van der Waals surface area (Å²) >= 11 is 0. The zero-order valence-electron chi connectivity index (χ0n) is 21.5. The Labute approximate surface area is 219 Å². The Hall–Kier alpha value is -3.46. The molecule has 37 heavy (non-hydrogen) atoms. The molecule has 0 atom stereocenters. The van der Waals surface area contributed by atoms with Crippen molar-refractivity contribution >= 4 is 23.3 Å². The van der Waals surface area contributed by atoms with Gasteiger partial charge in [-0.15, -0.1) is 0 Å². The van der Waals surface area contributed by atoms with Crippen LogP contribution >= 0.6 is 0 Å². The van der Waals surface area contributed by atoms with Gasteiger partial charge in [0.15, 0.2) is 0 Å². The fourth-order valence-corrected chi connectivity index (χ4v) is 3.28. The van der Waals surface area contributed by atoms with Crippen LogP contribution in [0.3, 0.4) is 0 Å². The number of nitrogens with two attached hydrogens (primary N) is 2. The van der Waals surface area contributed by atoms with Gasteiger partial charge in [0.1, 0.15) is 24.7 Å². The first-order chi connectivity index (χ1) is 18.0. The summed E-state index contributed by atoms with van der Waals surface area (Å²) in [4.78, 5) is 23.5. The van der Waals surface area contributed by atoms with Crippen molar-refractivity contribution in [3.05, 3.63) is 48.5 Å². The zero-order valence-corrected chi connectivity index (χ0v) is 21.5. The number of ether oxygens (including phenoxy) is 5. The second-order valence-corrected chi connectivity index (χ2v) is 8.51. The maximum Gasteiger partial charge on any atom is 0.305 e. The van der Waals surface area contributed by atoms with Crippen LogP contribution in [0.25, 0.3) is 0 Å². The highest BCUT2D eigenvalue weighted by Crippen LogP contribution is 2.15. The van der Waals surface area contributed by atoms with Crippen molar-refractivity contribution in [3.8, 4) is 11.5 Å². The average molecular weight is 517 g/mol. The largest absolute Gasteiger partial charge is 0.494 e. The van der Waals surface area contributed by atoms with Gasteiger partial charge in [-0.25, -0.2) is 0 Å². The number of benzene rings is 2. The summed E-state index contributed by atoms with van der Waals surface area (Å²) < 4.78 is 26.9. The van der Waals surface area contributed by atoms with E-state index in [4.69, 9.17) is 35.2 Å². The molecule has 0 radical (unpaired) electrons. The quantitative estimate of drug-likeness (QED) is 0.148. The maximum atomic E-state index is 11.8. The molecule has 0 heterocycles. The minimum atomic E-state index is -0.242. The molecule has 2 aromatic carbocycles. The molecule has 2 rings (SSSR count). The third-order valence-electron chi connectivity index (χ3n) is 5.33. The molecule has 0 unspecified atom stereocenters. The smallest absolute Gasteiger partial charge is 0.305 e. The molecule has 204 valence electrons. The molecule has 0 saturated carbocycles. The summed E-state index contributed by atoms with van der Waals surface area (Å²) in [7, 11) is 0. The second-order valence-electron chi connectivity index (χ2n) is 8.51. The molecule has 0 saturated heterocycles. The standard InChI is InChI=1S/C28H40N2O7/c29-23-9-13-25(14-10-23)34-17-5-1-3-7-27(31)36-21-19-33-20-22-37-28(32)8-4-2-6-18-35-26-15-11-24(30)12-16-26/h9-16H,1-8,17-22,29-30H2. The second kappa shape index (κ2) is 18.8. The molecule has 4 N–H and O–H groups in total. The molecule has 9 heteroatoms. The molecule has 0 aliphatic carbocycles. The number of carbonyl (C=O) groups excluding carboxylic acids is 2. The van der Waals surface area contributed by atoms with E-state index in [1.54, 1.807) is 24.3 Å². The fourth-order valence-electron chi connectivity index (χ4n) is 3.28. The van der Waals surface area contributed by atoms with Crippen molar-refractivity contribution < 1.29 is 33.3 Å². The number of rotatable bonds is 20. The summed E-state index contributed by atoms with van der Waals surface area (Å²) in [6.07, 6.45) is 5.70. The van der Waals surface area contributed by atoms with E-state index >= 15 is 0 Å². The summed E-state index contributed by atoms with van der Waals surface area (Å²) in [5.74, 6) is 1.09. The third kappa shape index (κ3) is 15.3. The highest BCUT2D eigenvalue weighted by atomic mass is 16.6. The lowest BCUT2D eigenvalue weighted by molar-refractivity contribution is -0.146. The molecule has 0 amide bonds. The van der Waals surface area contributed by atoms with E-state index in [1.807, 2.05) is 24.3 Å². The van der Waals surface area contributed by atoms with Crippen LogP contribution in [0.1, 0.15) is 51.4 Å². The van der Waals surface area contributed by atoms with E-state index in [9.17, 15) is 9.59 Å². The van der Waals surface area contributed by atoms with Crippen LogP contribution in [0.2, 0.25) is 0 Å². The van der Waals surface area contributed by atoms with Crippen molar-refractivity contribution in [3.63, 3.8) is 0 Å². The molecule has 0 aromatic heterocycles. The number of hydrogen-bond acceptors (Lipinski definition) is 9. The normalized spacial score (nSPS) is 10.6. The highest BCUT2D eigenvalue weighted by molar-refractivity contribution is 5.69. The van der Waals surface area contributed by atoms with Crippen LogP contribution in [0.4, 0.5) is 11.4 Å². The Morgan fingerprint density at radius 3 is 1.32 bits per heavy atom. The third-order valence-corrected chi connectivity index (χ3v) is 5.33. The summed E-state index contributed by atoms with van der Waals surface area (Å²) in [5.41, 5.74) is 12.7. The minimum Gasteiger partial charge on any atom is -0.494 e. The van der Waals surface area contributed by atoms with E-state index in [2.05, 4.69) is 0 Å². The predicted molar refractivity (Wildman–Crippen MR) is 142 cm³/mol. The fraction of sp³-hybridized carbons (Fsp3) is 0.500. The predicted octanol–water partition coefficient (Wildman–Crippen LogP) is 4.53. The summed E-state index contributed by atoms with van der Waals surface area (Å²) in [5, 5.41) is 0. The van der Waals surface area contributed by atoms with E-state index in [0.717, 1.165) is 50.0 Å². The maximum absolute atomic E-state index is 11.8. The van der Waals surface area contributed by atoms with E-state index in [1.165, 1.54) is 0 Å². The van der Waals surface area contributed by atoms with Gasteiger partial charge in [0.2, 0.25) is 0 Å². The van der Waals surface area contributed by atoms with Crippen LogP contribution in [-0.4, -0.2) is 51.6 Å². The van der Waals surface area contributed by atoms with Gasteiger partial charge in [0.05, 0.1) is 26.4 Å². The van der Waals surface area contributed by atoms with Crippen LogP contribution in [0.5, 0.6) is 11.5 Å². The zero-order chi connectivity index (χ0) is 26.6. The first-order valence-electron chi connectivity index (χ1n) is 12.9. The Kier molecular flexibility index (Phi) is 15.1. The number of hydrogen-bond donors (Lipinski definition) is 2. The molecule has 2 aromatic rings. The Morgan fingerprint density at radius 1 is 0.514 bits per heavy atom. The Balaban J connectivity index is 1.31. The van der Waals surface area contributed by atoms with Crippen LogP contribution in [0, 0.1) is 0 Å². The molecule has 0 spiro atoms. The monoisotopic (exact) mass is 516 g/mol. The van der Waals surface area contributed by atoms with Crippen molar-refractivity contribution in [2.24, 2.45) is 0 Å². The Morgan fingerprint density at radius 2 is 0.919 bits per heavy atom. The van der Waals surface area contributed by atoms with Crippen LogP contribution in [0.15, 0.2) is 48.5 Å². The molecule has 0 bridgehead atoms. The van der Waals surface area contributed by atoms with Gasteiger partial charge < -0.3 is 35.2 Å². The van der Waals surface area contributed by atoms with Gasteiger partial charge in [0, 0.05) is 24.2 Å². The van der Waals surface area contributed by atoms with Gasteiger partial charge in [-0.1, -0.05) is 0 Å². The minimum absolute atomic E-state index is 0.186. The number of carbonyl (C=O) groups is 2. The van der Waals surface area contributed by atoms with Crippen LogP contribution < -0.4 is 20.9 Å². The Bertz CT molecular complexity index is 815. The number of esters is 2. The molecule has 0 aliphatic heterocycles. The lowest BCUT2D eigenvalue weighted by Crippen LogP contribution is -2.14. The van der Waals surface area contributed by atoms with Crippen molar-refractivity contribution in [2.45, 2.75) is 51.4 Å². The summed E-state index contributed by atoms with van der Waals surface area (Å²) in [6, 6.07) is 14.5. The average Bonchev–Trinajstić information content (AvgIpc) is 2.89. The lowest BCUT2D eigenvalue weighted by atomic mass is 10.2. The van der Waals surface area contributed by atoms with E-state index < -0.39 is 0 Å². The lowest BCUT2D eigenvalue weighted by Gasteiger charge is -2.08. The highest BCUT2D eigenvalue weighted by Gasteiger charge is 2.05. The topological polar surface area (TPSA) is 132 Å². The number of anilines is 2. The molecular weight excluding hydrogens is 476 g/mol. The number of nitrogen functional groups attached to an aromatic ring is 2. The van der Waals surface area contributed by atoms with Gasteiger partial charge in [-0.3, -0.25) is 9.59 Å². The van der Waals surface area contributed by atoms with Gasteiger partial charge in [-0.2, -0.15) is 0 Å². The first kappa shape index (κ1) is 29.8. The van der Waals surface area contributed by atoms with Gasteiger partial charge in [0.25, 0.3) is 0 Å². The SMILES string of the molecule is Nc1ccc(OCCCCCC(=O)OCCOCCOC(=O)CCCCCOc2ccc(N)cc2)cc1.